The van der Waals surface area contributed by atoms with Crippen molar-refractivity contribution < 1.29 is 4.79 Å². The fourth-order valence-electron chi connectivity index (χ4n) is 3.61. The first-order valence-electron chi connectivity index (χ1n) is 7.97. The normalized spacial score (nSPS) is 24.6. The maximum atomic E-state index is 12.7. The second kappa shape index (κ2) is 6.16. The molecule has 1 fully saturated rings. The number of fused-ring (bicyclic) bond motifs is 1. The first-order valence-corrected chi connectivity index (χ1v) is 7.97. The Balaban J connectivity index is 1.62. The minimum absolute atomic E-state index is 0.216. The van der Waals surface area contributed by atoms with Gasteiger partial charge in [0.1, 0.15) is 0 Å². The second-order valence-electron chi connectivity index (χ2n) is 6.44. The average Bonchev–Trinajstić information content (AvgIpc) is 3.04. The van der Waals surface area contributed by atoms with E-state index in [1.54, 1.807) is 0 Å². The molecule has 2 unspecified atom stereocenters. The Morgan fingerprint density at radius 2 is 2.24 bits per heavy atom. The van der Waals surface area contributed by atoms with Crippen molar-refractivity contribution >= 4 is 11.6 Å². The molecule has 0 bridgehead atoms. The van der Waals surface area contributed by atoms with Gasteiger partial charge in [-0.05, 0) is 51.4 Å². The molecule has 1 aromatic rings. The third-order valence-electron chi connectivity index (χ3n) is 4.58. The first-order chi connectivity index (χ1) is 10.1. The first kappa shape index (κ1) is 14.5. The van der Waals surface area contributed by atoms with Gasteiger partial charge in [0.2, 0.25) is 5.91 Å². The zero-order valence-corrected chi connectivity index (χ0v) is 13.0. The Morgan fingerprint density at radius 3 is 3.00 bits per heavy atom. The van der Waals surface area contributed by atoms with Crippen LogP contribution in [0.3, 0.4) is 0 Å². The van der Waals surface area contributed by atoms with Crippen molar-refractivity contribution in [2.45, 2.75) is 38.3 Å². The third-order valence-corrected chi connectivity index (χ3v) is 4.58. The molecular formula is C17H25N3O. The molecule has 0 spiro atoms. The highest BCUT2D eigenvalue weighted by molar-refractivity contribution is 5.97. The van der Waals surface area contributed by atoms with Crippen LogP contribution in [0.2, 0.25) is 0 Å². The van der Waals surface area contributed by atoms with Gasteiger partial charge < -0.3 is 10.2 Å². The van der Waals surface area contributed by atoms with E-state index in [1.165, 1.54) is 18.4 Å². The van der Waals surface area contributed by atoms with E-state index in [-0.39, 0.29) is 11.9 Å². The predicted molar refractivity (Wildman–Crippen MR) is 85.6 cm³/mol. The van der Waals surface area contributed by atoms with Crippen LogP contribution in [0.5, 0.6) is 0 Å². The third kappa shape index (κ3) is 3.11. The number of amides is 1. The number of hydrogen-bond donors (Lipinski definition) is 1. The monoisotopic (exact) mass is 287 g/mol. The number of para-hydroxylation sites is 1. The van der Waals surface area contributed by atoms with E-state index in [9.17, 15) is 4.79 Å². The molecule has 21 heavy (non-hydrogen) atoms. The number of benzene rings is 1. The molecular weight excluding hydrogens is 262 g/mol. The summed E-state index contributed by atoms with van der Waals surface area (Å²) in [5.74, 6) is 0.216. The Morgan fingerprint density at radius 1 is 1.43 bits per heavy atom. The maximum Gasteiger partial charge on any atom is 0.241 e. The van der Waals surface area contributed by atoms with Crippen molar-refractivity contribution in [3.05, 3.63) is 29.8 Å². The molecule has 2 heterocycles. The molecule has 2 aliphatic rings. The van der Waals surface area contributed by atoms with E-state index in [0.717, 1.165) is 25.2 Å². The second-order valence-corrected chi connectivity index (χ2v) is 6.44. The van der Waals surface area contributed by atoms with Crippen molar-refractivity contribution in [3.8, 4) is 0 Å². The molecule has 2 aliphatic heterocycles. The molecule has 0 aromatic heterocycles. The average molecular weight is 287 g/mol. The van der Waals surface area contributed by atoms with E-state index in [0.29, 0.717) is 12.6 Å². The van der Waals surface area contributed by atoms with E-state index in [4.69, 9.17) is 0 Å². The predicted octanol–water partition coefficient (Wildman–Crippen LogP) is 1.65. The molecule has 0 radical (unpaired) electrons. The van der Waals surface area contributed by atoms with E-state index >= 15 is 0 Å². The summed E-state index contributed by atoms with van der Waals surface area (Å²) in [6.07, 6.45) is 3.44. The zero-order chi connectivity index (χ0) is 14.8. The molecule has 1 saturated heterocycles. The fraction of sp³-hybridized carbons (Fsp3) is 0.588. The van der Waals surface area contributed by atoms with Crippen LogP contribution in [-0.4, -0.2) is 49.6 Å². The van der Waals surface area contributed by atoms with Crippen molar-refractivity contribution in [1.82, 2.24) is 10.2 Å². The Bertz CT molecular complexity index is 511. The van der Waals surface area contributed by atoms with Crippen molar-refractivity contribution in [3.63, 3.8) is 0 Å². The molecule has 0 aliphatic carbocycles. The van der Waals surface area contributed by atoms with Gasteiger partial charge >= 0.3 is 0 Å². The summed E-state index contributed by atoms with van der Waals surface area (Å²) in [6, 6.07) is 9.08. The largest absolute Gasteiger partial charge is 0.313 e. The topological polar surface area (TPSA) is 35.6 Å². The van der Waals surface area contributed by atoms with Gasteiger partial charge in [0.05, 0.1) is 6.54 Å². The summed E-state index contributed by atoms with van der Waals surface area (Å²) in [4.78, 5) is 16.8. The number of hydrogen-bond acceptors (Lipinski definition) is 3. The number of carbonyl (C=O) groups excluding carboxylic acids is 1. The van der Waals surface area contributed by atoms with Gasteiger partial charge in [0, 0.05) is 24.3 Å². The molecule has 0 saturated carbocycles. The summed E-state index contributed by atoms with van der Waals surface area (Å²) in [7, 11) is 2.05. The number of nitrogens with zero attached hydrogens (tertiary/aromatic N) is 2. The lowest BCUT2D eigenvalue weighted by molar-refractivity contribution is -0.119. The van der Waals surface area contributed by atoms with Crippen LogP contribution in [0, 0.1) is 0 Å². The minimum atomic E-state index is 0.216. The lowest BCUT2D eigenvalue weighted by atomic mass is 10.1. The quantitative estimate of drug-likeness (QED) is 0.914. The Hall–Kier alpha value is -1.39. The lowest BCUT2D eigenvalue weighted by Crippen LogP contribution is -2.44. The SMILES string of the molecule is CC1Cc2ccccc2N1C(=O)CN(C)CC1CCCN1. The number of carbonyl (C=O) groups is 1. The minimum Gasteiger partial charge on any atom is -0.313 e. The number of anilines is 1. The zero-order valence-electron chi connectivity index (χ0n) is 13.0. The van der Waals surface area contributed by atoms with Crippen LogP contribution in [0.1, 0.15) is 25.3 Å². The maximum absolute atomic E-state index is 12.7. The lowest BCUT2D eigenvalue weighted by Gasteiger charge is -2.27. The van der Waals surface area contributed by atoms with Crippen molar-refractivity contribution in [2.24, 2.45) is 0 Å². The Labute approximate surface area is 127 Å². The standard InChI is InChI=1S/C17H25N3O/c1-13-10-14-6-3-4-8-16(14)20(13)17(21)12-19(2)11-15-7-5-9-18-15/h3-4,6,8,13,15,18H,5,7,9-12H2,1-2H3. The van der Waals surface area contributed by atoms with E-state index in [1.807, 2.05) is 18.0 Å². The summed E-state index contributed by atoms with van der Waals surface area (Å²) in [5, 5.41) is 3.49. The van der Waals surface area contributed by atoms with Crippen LogP contribution in [0.4, 0.5) is 5.69 Å². The molecule has 1 amide bonds. The molecule has 4 heteroatoms. The highest BCUT2D eigenvalue weighted by atomic mass is 16.2. The van der Waals surface area contributed by atoms with Crippen LogP contribution in [0.15, 0.2) is 24.3 Å². The van der Waals surface area contributed by atoms with Gasteiger partial charge in [-0.15, -0.1) is 0 Å². The van der Waals surface area contributed by atoms with E-state index < -0.39 is 0 Å². The van der Waals surface area contributed by atoms with Gasteiger partial charge in [0.25, 0.3) is 0 Å². The molecule has 1 aromatic carbocycles. The molecule has 3 rings (SSSR count). The highest BCUT2D eigenvalue weighted by Crippen LogP contribution is 2.31. The summed E-state index contributed by atoms with van der Waals surface area (Å²) < 4.78 is 0. The number of likely N-dealkylation sites (N-methyl/N-ethyl adjacent to an activating group) is 1. The van der Waals surface area contributed by atoms with Crippen LogP contribution in [0.25, 0.3) is 0 Å². The smallest absolute Gasteiger partial charge is 0.241 e. The Kier molecular flexibility index (Phi) is 4.27. The molecule has 2 atom stereocenters. The van der Waals surface area contributed by atoms with E-state index in [2.05, 4.69) is 35.3 Å². The van der Waals surface area contributed by atoms with Gasteiger partial charge in [-0.1, -0.05) is 18.2 Å². The van der Waals surface area contributed by atoms with Crippen molar-refractivity contribution in [2.75, 3.05) is 31.6 Å². The van der Waals surface area contributed by atoms with Gasteiger partial charge in [-0.25, -0.2) is 0 Å². The van der Waals surface area contributed by atoms with Crippen LogP contribution in [-0.2, 0) is 11.2 Å². The fourth-order valence-corrected chi connectivity index (χ4v) is 3.61. The summed E-state index contributed by atoms with van der Waals surface area (Å²) in [6.45, 7) is 4.70. The van der Waals surface area contributed by atoms with Gasteiger partial charge in [-0.3, -0.25) is 9.69 Å². The molecule has 4 nitrogen and oxygen atoms in total. The van der Waals surface area contributed by atoms with Gasteiger partial charge in [-0.2, -0.15) is 0 Å². The molecule has 1 N–H and O–H groups in total. The van der Waals surface area contributed by atoms with Gasteiger partial charge in [0.15, 0.2) is 0 Å². The number of nitrogens with one attached hydrogen (secondary N) is 1. The van der Waals surface area contributed by atoms with Crippen molar-refractivity contribution in [1.29, 1.82) is 0 Å². The number of rotatable bonds is 4. The summed E-state index contributed by atoms with van der Waals surface area (Å²) >= 11 is 0. The molecule has 114 valence electrons. The van der Waals surface area contributed by atoms with Crippen LogP contribution >= 0.6 is 0 Å². The highest BCUT2D eigenvalue weighted by Gasteiger charge is 2.31. The van der Waals surface area contributed by atoms with Crippen LogP contribution < -0.4 is 10.2 Å². The summed E-state index contributed by atoms with van der Waals surface area (Å²) in [5.41, 5.74) is 2.39.